The summed E-state index contributed by atoms with van der Waals surface area (Å²) >= 11 is 0. The number of nitrogens with one attached hydrogen (secondary N) is 3. The van der Waals surface area contributed by atoms with Gasteiger partial charge < -0.3 is 21.1 Å². The van der Waals surface area contributed by atoms with E-state index >= 15 is 0 Å². The number of carbonyl (C=O) groups is 2. The summed E-state index contributed by atoms with van der Waals surface area (Å²) in [6.07, 6.45) is -6.63. The molecule has 0 aliphatic carbocycles. The van der Waals surface area contributed by atoms with E-state index in [1.54, 1.807) is 12.3 Å². The predicted octanol–water partition coefficient (Wildman–Crippen LogP) is 2.48. The average molecular weight is 540 g/mol. The van der Waals surface area contributed by atoms with Crippen molar-refractivity contribution < 1.29 is 45.4 Å². The maximum absolute atomic E-state index is 13.6. The van der Waals surface area contributed by atoms with Gasteiger partial charge in [0.25, 0.3) is 5.91 Å². The van der Waals surface area contributed by atoms with E-state index in [0.29, 0.717) is 25.3 Å². The van der Waals surface area contributed by atoms with Crippen molar-refractivity contribution in [3.05, 3.63) is 35.9 Å². The van der Waals surface area contributed by atoms with Crippen LogP contribution in [0.15, 0.2) is 24.7 Å². The summed E-state index contributed by atoms with van der Waals surface area (Å²) in [5.41, 5.74) is -1.53. The second-order valence-corrected chi connectivity index (χ2v) is 7.79. The molecular formula is C19H19F7N8O3. The van der Waals surface area contributed by atoms with Gasteiger partial charge in [0.15, 0.2) is 11.3 Å². The van der Waals surface area contributed by atoms with Gasteiger partial charge in [-0.3, -0.25) is 9.48 Å². The van der Waals surface area contributed by atoms with Gasteiger partial charge in [-0.25, -0.2) is 18.7 Å². The number of aromatic nitrogens is 5. The van der Waals surface area contributed by atoms with Crippen molar-refractivity contribution in [1.29, 1.82) is 0 Å². The number of anilines is 2. The van der Waals surface area contributed by atoms with Crippen molar-refractivity contribution in [2.45, 2.75) is 31.0 Å². The number of fused-ring (bicyclic) bond motifs is 1. The van der Waals surface area contributed by atoms with Crippen molar-refractivity contribution >= 4 is 29.0 Å². The van der Waals surface area contributed by atoms with Crippen LogP contribution in [0.4, 0.5) is 42.2 Å². The minimum absolute atomic E-state index is 0.0132. The zero-order valence-electron chi connectivity index (χ0n) is 18.7. The number of piperidine rings is 1. The summed E-state index contributed by atoms with van der Waals surface area (Å²) < 4.78 is 86.9. The van der Waals surface area contributed by atoms with E-state index in [1.165, 1.54) is 17.8 Å². The Morgan fingerprint density at radius 1 is 1.19 bits per heavy atom. The summed E-state index contributed by atoms with van der Waals surface area (Å²) in [5.74, 6) is -3.17. The molecule has 37 heavy (non-hydrogen) atoms. The number of aryl methyl sites for hydroxylation is 1. The third-order valence-electron chi connectivity index (χ3n) is 4.85. The molecule has 3 aromatic heterocycles. The molecule has 2 atom stereocenters. The third kappa shape index (κ3) is 7.05. The van der Waals surface area contributed by atoms with Crippen LogP contribution < -0.4 is 16.0 Å². The number of alkyl halides is 7. The molecule has 18 heteroatoms. The lowest BCUT2D eigenvalue weighted by Crippen LogP contribution is -2.44. The van der Waals surface area contributed by atoms with Crippen LogP contribution in [0.2, 0.25) is 0 Å². The zero-order valence-corrected chi connectivity index (χ0v) is 18.7. The van der Waals surface area contributed by atoms with Crippen molar-refractivity contribution in [1.82, 2.24) is 29.7 Å². The van der Waals surface area contributed by atoms with Crippen LogP contribution in [0.25, 0.3) is 5.65 Å². The number of carboxylic acid groups (broad SMARTS) is 1. The van der Waals surface area contributed by atoms with Crippen LogP contribution in [0.1, 0.15) is 22.5 Å². The van der Waals surface area contributed by atoms with Crippen LogP contribution in [0, 0.1) is 0 Å². The van der Waals surface area contributed by atoms with Gasteiger partial charge in [-0.1, -0.05) is 0 Å². The third-order valence-corrected chi connectivity index (χ3v) is 4.85. The summed E-state index contributed by atoms with van der Waals surface area (Å²) in [4.78, 5) is 25.9. The molecule has 1 saturated heterocycles. The van der Waals surface area contributed by atoms with E-state index in [9.17, 15) is 35.5 Å². The summed E-state index contributed by atoms with van der Waals surface area (Å²) in [6.45, 7) is 0.854. The molecule has 0 spiro atoms. The van der Waals surface area contributed by atoms with Crippen LogP contribution in [0.3, 0.4) is 0 Å². The molecule has 0 saturated carbocycles. The molecule has 202 valence electrons. The van der Waals surface area contributed by atoms with Gasteiger partial charge in [0.05, 0.1) is 11.9 Å². The Labute approximate surface area is 202 Å². The molecule has 3 aromatic rings. The van der Waals surface area contributed by atoms with E-state index in [2.05, 4.69) is 31.1 Å². The first kappa shape index (κ1) is 27.6. The molecule has 1 aliphatic heterocycles. The minimum Gasteiger partial charge on any atom is -0.475 e. The number of nitrogens with zero attached hydrogens (tertiary/aromatic N) is 5. The van der Waals surface area contributed by atoms with E-state index < -0.39 is 41.8 Å². The molecule has 11 nitrogen and oxygen atoms in total. The molecule has 4 heterocycles. The number of halogens is 7. The number of amides is 1. The van der Waals surface area contributed by atoms with E-state index in [1.807, 2.05) is 0 Å². The van der Waals surface area contributed by atoms with Gasteiger partial charge in [-0.15, -0.1) is 0 Å². The Morgan fingerprint density at radius 2 is 1.86 bits per heavy atom. The molecule has 0 aromatic carbocycles. The second kappa shape index (κ2) is 10.6. The monoisotopic (exact) mass is 540 g/mol. The summed E-state index contributed by atoms with van der Waals surface area (Å²) in [7, 11) is 1.32. The lowest BCUT2D eigenvalue weighted by Gasteiger charge is -2.26. The minimum atomic E-state index is -5.08. The maximum atomic E-state index is 13.6. The van der Waals surface area contributed by atoms with E-state index in [4.69, 9.17) is 9.90 Å². The van der Waals surface area contributed by atoms with E-state index in [0.717, 1.165) is 10.9 Å². The lowest BCUT2D eigenvalue weighted by molar-refractivity contribution is -0.192. The predicted molar refractivity (Wildman–Crippen MR) is 113 cm³/mol. The first-order chi connectivity index (χ1) is 17.1. The summed E-state index contributed by atoms with van der Waals surface area (Å²) in [6, 6.07) is 1.43. The van der Waals surface area contributed by atoms with Crippen LogP contribution in [0.5, 0.6) is 0 Å². The highest BCUT2D eigenvalue weighted by Gasteiger charge is 2.39. The Hall–Kier alpha value is -3.96. The number of carbonyl (C=O) groups excluding carboxylic acids is 1. The first-order valence-corrected chi connectivity index (χ1v) is 10.3. The molecule has 1 aliphatic rings. The molecule has 4 N–H and O–H groups in total. The molecule has 1 fully saturated rings. The molecule has 1 amide bonds. The Balaban J connectivity index is 0.000000479. The van der Waals surface area contributed by atoms with Crippen LogP contribution >= 0.6 is 0 Å². The number of rotatable bonds is 4. The first-order valence-electron chi connectivity index (χ1n) is 10.3. The fourth-order valence-electron chi connectivity index (χ4n) is 3.30. The van der Waals surface area contributed by atoms with Crippen molar-refractivity contribution in [3.63, 3.8) is 0 Å². The Morgan fingerprint density at radius 3 is 2.46 bits per heavy atom. The molecular weight excluding hydrogens is 521 g/mol. The maximum Gasteiger partial charge on any atom is 0.490 e. The molecule has 0 radical (unpaired) electrons. The normalized spacial score (nSPS) is 18.2. The summed E-state index contributed by atoms with van der Waals surface area (Å²) in [5, 5.41) is 22.8. The highest BCUT2D eigenvalue weighted by Crippen LogP contribution is 2.33. The average Bonchev–Trinajstić information content (AvgIpc) is 3.36. The highest BCUT2D eigenvalue weighted by atomic mass is 19.4. The van der Waals surface area contributed by atoms with Gasteiger partial charge in [0, 0.05) is 45.0 Å². The van der Waals surface area contributed by atoms with Crippen LogP contribution in [-0.2, 0) is 18.0 Å². The van der Waals surface area contributed by atoms with Gasteiger partial charge in [-0.05, 0) is 6.07 Å². The molecule has 0 bridgehead atoms. The zero-order chi connectivity index (χ0) is 27.5. The topological polar surface area (TPSA) is 138 Å². The SMILES string of the molecule is Cn1cc(NC(=O)c2cnn3ccc(N[C@@H]4CNC[C@H](F)C4)nc23)c(C(F)(F)F)n1.O=C(O)C(F)(F)F. The number of hydrogen-bond donors (Lipinski definition) is 4. The largest absolute Gasteiger partial charge is 0.490 e. The van der Waals surface area contributed by atoms with Gasteiger partial charge in [-0.2, -0.15) is 36.5 Å². The van der Waals surface area contributed by atoms with E-state index in [-0.39, 0.29) is 17.3 Å². The fourth-order valence-corrected chi connectivity index (χ4v) is 3.30. The fraction of sp³-hybridized carbons (Fsp3) is 0.421. The Bertz CT molecular complexity index is 1270. The smallest absolute Gasteiger partial charge is 0.475 e. The molecule has 0 unspecified atom stereocenters. The van der Waals surface area contributed by atoms with Crippen molar-refractivity contribution in [2.24, 2.45) is 7.05 Å². The van der Waals surface area contributed by atoms with Gasteiger partial charge in [0.1, 0.15) is 17.6 Å². The van der Waals surface area contributed by atoms with Crippen LogP contribution in [-0.4, -0.2) is 72.8 Å². The quantitative estimate of drug-likeness (QED) is 0.371. The molecule has 4 rings (SSSR count). The van der Waals surface area contributed by atoms with Crippen molar-refractivity contribution in [3.8, 4) is 0 Å². The standard InChI is InChI=1S/C17H18F4N8O.C2HF3O2/c1-28-8-12(14(27-28)17(19,20)21)25-16(30)11-7-23-29-3-2-13(26-15(11)29)24-10-4-9(18)5-22-6-10;3-2(4,5)1(6)7/h2-3,7-10,22H,4-6H2,1H3,(H,24,26)(H,25,30);(H,6,7)/t9-,10+;/m1./s1. The van der Waals surface area contributed by atoms with Crippen molar-refractivity contribution in [2.75, 3.05) is 23.7 Å². The second-order valence-electron chi connectivity index (χ2n) is 7.79. The number of carboxylic acids is 1. The Kier molecular flexibility index (Phi) is 7.89. The van der Waals surface area contributed by atoms with Gasteiger partial charge in [0.2, 0.25) is 0 Å². The highest BCUT2D eigenvalue weighted by molar-refractivity contribution is 6.08. The number of hydrogen-bond acceptors (Lipinski definition) is 7. The lowest BCUT2D eigenvalue weighted by atomic mass is 10.1. The number of aliphatic carboxylic acids is 1. The van der Waals surface area contributed by atoms with Gasteiger partial charge >= 0.3 is 18.3 Å².